The van der Waals surface area contributed by atoms with Gasteiger partial charge < -0.3 is 5.73 Å². The fourth-order valence-electron chi connectivity index (χ4n) is 1.62. The van der Waals surface area contributed by atoms with Gasteiger partial charge in [0.05, 0.1) is 4.92 Å². The van der Waals surface area contributed by atoms with E-state index in [1.807, 2.05) is 36.4 Å². The third-order valence-corrected chi connectivity index (χ3v) is 2.52. The van der Waals surface area contributed by atoms with Gasteiger partial charge in [0.25, 0.3) is 5.70 Å². The Morgan fingerprint density at radius 2 is 2.00 bits per heavy atom. The molecule has 0 spiro atoms. The monoisotopic (exact) mass is 228 g/mol. The van der Waals surface area contributed by atoms with E-state index in [2.05, 4.69) is 0 Å². The van der Waals surface area contributed by atoms with Crippen molar-refractivity contribution >= 4 is 6.08 Å². The van der Waals surface area contributed by atoms with Crippen molar-refractivity contribution in [3.05, 3.63) is 75.5 Å². The Morgan fingerprint density at radius 3 is 2.65 bits per heavy atom. The Morgan fingerprint density at radius 1 is 1.29 bits per heavy atom. The second kappa shape index (κ2) is 4.76. The summed E-state index contributed by atoms with van der Waals surface area (Å²) in [7, 11) is 0. The zero-order chi connectivity index (χ0) is 12.3. The first-order chi connectivity index (χ1) is 8.16. The molecule has 0 amide bonds. The van der Waals surface area contributed by atoms with Crippen molar-refractivity contribution in [2.75, 3.05) is 0 Å². The number of rotatable bonds is 2. The van der Waals surface area contributed by atoms with Gasteiger partial charge in [-0.25, -0.2) is 0 Å². The minimum atomic E-state index is -0.415. The summed E-state index contributed by atoms with van der Waals surface area (Å²) in [6.45, 7) is 0. The molecule has 0 saturated carbocycles. The molecule has 0 aromatic heterocycles. The van der Waals surface area contributed by atoms with Crippen molar-refractivity contribution in [1.29, 1.82) is 0 Å². The van der Waals surface area contributed by atoms with Gasteiger partial charge in [0, 0.05) is 18.2 Å². The molecule has 2 N–H and O–H groups in total. The molecule has 0 saturated heterocycles. The number of hydrogen-bond acceptors (Lipinski definition) is 3. The molecule has 1 aliphatic rings. The predicted molar refractivity (Wildman–Crippen MR) is 66.6 cm³/mol. The maximum absolute atomic E-state index is 10.7. The van der Waals surface area contributed by atoms with E-state index in [0.29, 0.717) is 0 Å². The van der Waals surface area contributed by atoms with Gasteiger partial charge in [0.15, 0.2) is 0 Å². The molecule has 86 valence electrons. The molecule has 1 aliphatic carbocycles. The Balaban J connectivity index is 2.35. The van der Waals surface area contributed by atoms with Crippen LogP contribution >= 0.6 is 0 Å². The van der Waals surface area contributed by atoms with Gasteiger partial charge in [-0.2, -0.15) is 0 Å². The summed E-state index contributed by atoms with van der Waals surface area (Å²) in [5, 5.41) is 10.7. The third kappa shape index (κ3) is 2.68. The third-order valence-electron chi connectivity index (χ3n) is 2.52. The number of nitrogens with two attached hydrogens (primary N) is 1. The van der Waals surface area contributed by atoms with Crippen LogP contribution in [0.1, 0.15) is 5.56 Å². The highest BCUT2D eigenvalue weighted by Crippen LogP contribution is 2.18. The van der Waals surface area contributed by atoms with E-state index in [4.69, 9.17) is 5.73 Å². The molecule has 4 heteroatoms. The summed E-state index contributed by atoms with van der Waals surface area (Å²) in [5.74, 6) is 0. The fourth-order valence-corrected chi connectivity index (χ4v) is 1.62. The van der Waals surface area contributed by atoms with Crippen LogP contribution in [0.3, 0.4) is 0 Å². The molecule has 0 radical (unpaired) electrons. The molecular formula is C13H12N2O2. The van der Waals surface area contributed by atoms with Crippen molar-refractivity contribution in [2.45, 2.75) is 6.04 Å². The average Bonchev–Trinajstić information content (AvgIpc) is 2.33. The molecule has 0 aliphatic heterocycles. The highest BCUT2D eigenvalue weighted by molar-refractivity contribution is 5.60. The molecule has 1 atom stereocenters. The number of allylic oxidation sites excluding steroid dienone is 1. The van der Waals surface area contributed by atoms with Crippen molar-refractivity contribution in [3.63, 3.8) is 0 Å². The minimum Gasteiger partial charge on any atom is -0.321 e. The Hall–Kier alpha value is -2.20. The maximum Gasteiger partial charge on any atom is 0.269 e. The van der Waals surface area contributed by atoms with Crippen LogP contribution in [-0.4, -0.2) is 11.0 Å². The van der Waals surface area contributed by atoms with Crippen molar-refractivity contribution in [3.8, 4) is 0 Å². The largest absolute Gasteiger partial charge is 0.321 e. The van der Waals surface area contributed by atoms with E-state index in [1.165, 1.54) is 12.2 Å². The molecule has 4 nitrogen and oxygen atoms in total. The average molecular weight is 228 g/mol. The Bertz CT molecular complexity index is 515. The molecule has 1 aromatic rings. The van der Waals surface area contributed by atoms with Gasteiger partial charge in [0.2, 0.25) is 0 Å². The highest BCUT2D eigenvalue weighted by atomic mass is 16.6. The molecule has 1 unspecified atom stereocenters. The van der Waals surface area contributed by atoms with Gasteiger partial charge in [0.1, 0.15) is 0 Å². The molecule has 0 bridgehead atoms. The molecule has 0 heterocycles. The van der Waals surface area contributed by atoms with E-state index < -0.39 is 4.92 Å². The van der Waals surface area contributed by atoms with Gasteiger partial charge in [-0.3, -0.25) is 10.1 Å². The summed E-state index contributed by atoms with van der Waals surface area (Å²) in [6, 6.07) is 9.30. The van der Waals surface area contributed by atoms with E-state index in [9.17, 15) is 10.1 Å². The number of nitrogens with zero attached hydrogens (tertiary/aromatic N) is 1. The van der Waals surface area contributed by atoms with E-state index >= 15 is 0 Å². The maximum atomic E-state index is 10.7. The number of nitro groups is 1. The second-order valence-corrected chi connectivity index (χ2v) is 3.77. The van der Waals surface area contributed by atoms with E-state index in [-0.39, 0.29) is 11.7 Å². The van der Waals surface area contributed by atoms with Crippen LogP contribution in [0, 0.1) is 10.1 Å². The minimum absolute atomic E-state index is 0.0638. The van der Waals surface area contributed by atoms with E-state index in [0.717, 1.165) is 11.1 Å². The summed E-state index contributed by atoms with van der Waals surface area (Å²) < 4.78 is 0. The smallest absolute Gasteiger partial charge is 0.269 e. The van der Waals surface area contributed by atoms with Gasteiger partial charge in [-0.1, -0.05) is 36.4 Å². The SMILES string of the molecule is NC1C=CC([N+](=O)[O-])=CC1=Cc1ccccc1. The summed E-state index contributed by atoms with van der Waals surface area (Å²) in [4.78, 5) is 10.3. The first-order valence-electron chi connectivity index (χ1n) is 5.23. The molecular weight excluding hydrogens is 216 g/mol. The molecule has 17 heavy (non-hydrogen) atoms. The van der Waals surface area contributed by atoms with Crippen LogP contribution in [-0.2, 0) is 0 Å². The quantitative estimate of drug-likeness (QED) is 0.622. The lowest BCUT2D eigenvalue weighted by Crippen LogP contribution is -2.22. The zero-order valence-electron chi connectivity index (χ0n) is 9.11. The zero-order valence-corrected chi connectivity index (χ0v) is 9.11. The lowest BCUT2D eigenvalue weighted by Gasteiger charge is -2.12. The molecule has 2 rings (SSSR count). The predicted octanol–water partition coefficient (Wildman–Crippen LogP) is 2.13. The second-order valence-electron chi connectivity index (χ2n) is 3.77. The van der Waals surface area contributed by atoms with Crippen LogP contribution in [0.15, 0.2) is 59.8 Å². The topological polar surface area (TPSA) is 69.2 Å². The van der Waals surface area contributed by atoms with Crippen molar-refractivity contribution < 1.29 is 4.92 Å². The first-order valence-corrected chi connectivity index (χ1v) is 5.23. The van der Waals surface area contributed by atoms with Gasteiger partial charge >= 0.3 is 0 Å². The first kappa shape index (κ1) is 11.3. The van der Waals surface area contributed by atoms with Gasteiger partial charge in [-0.15, -0.1) is 0 Å². The molecule has 0 fully saturated rings. The summed E-state index contributed by atoms with van der Waals surface area (Å²) in [6.07, 6.45) is 6.44. The lowest BCUT2D eigenvalue weighted by atomic mass is 9.99. The van der Waals surface area contributed by atoms with Crippen molar-refractivity contribution in [2.24, 2.45) is 5.73 Å². The Labute approximate surface area is 98.9 Å². The summed E-state index contributed by atoms with van der Waals surface area (Å²) in [5.41, 5.74) is 7.65. The lowest BCUT2D eigenvalue weighted by molar-refractivity contribution is -0.419. The number of benzene rings is 1. The number of hydrogen-bond donors (Lipinski definition) is 1. The Kier molecular flexibility index (Phi) is 3.16. The normalized spacial score (nSPS) is 21.4. The van der Waals surface area contributed by atoms with Gasteiger partial charge in [-0.05, 0) is 17.2 Å². The molecule has 1 aromatic carbocycles. The van der Waals surface area contributed by atoms with Crippen LogP contribution in [0.2, 0.25) is 0 Å². The van der Waals surface area contributed by atoms with E-state index in [1.54, 1.807) is 6.08 Å². The summed E-state index contributed by atoms with van der Waals surface area (Å²) >= 11 is 0. The van der Waals surface area contributed by atoms with Crippen molar-refractivity contribution in [1.82, 2.24) is 0 Å². The highest BCUT2D eigenvalue weighted by Gasteiger charge is 2.16. The van der Waals surface area contributed by atoms with Crippen LogP contribution < -0.4 is 5.73 Å². The fraction of sp³-hybridized carbons (Fsp3) is 0.0769. The van der Waals surface area contributed by atoms with Crippen LogP contribution in [0.5, 0.6) is 0 Å². The standard InChI is InChI=1S/C13H12N2O2/c14-13-7-6-12(15(16)17)9-11(13)8-10-4-2-1-3-5-10/h1-9,13H,14H2. The van der Waals surface area contributed by atoms with Crippen LogP contribution in [0.25, 0.3) is 6.08 Å². The van der Waals surface area contributed by atoms with Crippen LogP contribution in [0.4, 0.5) is 0 Å².